The van der Waals surface area contributed by atoms with E-state index in [0.29, 0.717) is 18.0 Å². The van der Waals surface area contributed by atoms with Crippen LogP contribution < -0.4 is 0 Å². The molecule has 2 rings (SSSR count). The van der Waals surface area contributed by atoms with E-state index >= 15 is 0 Å². The van der Waals surface area contributed by atoms with Crippen LogP contribution in [0.1, 0.15) is 50.1 Å². The van der Waals surface area contributed by atoms with Crippen molar-refractivity contribution in [2.24, 2.45) is 0 Å². The van der Waals surface area contributed by atoms with Crippen molar-refractivity contribution in [3.05, 3.63) is 52.6 Å². The molecule has 1 N–H and O–H groups in total. The Bertz CT molecular complexity index is 596. The molecule has 0 saturated heterocycles. The second kappa shape index (κ2) is 7.05. The first-order valence-corrected chi connectivity index (χ1v) is 7.60. The van der Waals surface area contributed by atoms with Gasteiger partial charge in [0.25, 0.3) is 0 Å². The lowest BCUT2D eigenvalue weighted by Crippen LogP contribution is -2.09. The number of aromatic nitrogens is 2. The van der Waals surface area contributed by atoms with Crippen LogP contribution in [0.5, 0.6) is 0 Å². The SMILES string of the molecule is CCC(CC)n1ccc(CC(O)c2ccc(F)cc2Cl)n1. The van der Waals surface area contributed by atoms with Gasteiger partial charge in [0.05, 0.1) is 17.8 Å². The van der Waals surface area contributed by atoms with Gasteiger partial charge in [-0.2, -0.15) is 5.10 Å². The van der Waals surface area contributed by atoms with Crippen LogP contribution in [0.15, 0.2) is 30.5 Å². The average Bonchev–Trinajstić information content (AvgIpc) is 2.88. The van der Waals surface area contributed by atoms with Gasteiger partial charge in [0, 0.05) is 17.6 Å². The molecule has 21 heavy (non-hydrogen) atoms. The summed E-state index contributed by atoms with van der Waals surface area (Å²) in [7, 11) is 0. The second-order valence-corrected chi connectivity index (χ2v) is 5.55. The number of aliphatic hydroxyl groups excluding tert-OH is 1. The van der Waals surface area contributed by atoms with E-state index < -0.39 is 11.9 Å². The minimum atomic E-state index is -0.789. The summed E-state index contributed by atoms with van der Waals surface area (Å²) in [5.41, 5.74) is 1.32. The van der Waals surface area contributed by atoms with Crippen molar-refractivity contribution in [1.29, 1.82) is 0 Å². The highest BCUT2D eigenvalue weighted by atomic mass is 35.5. The number of benzene rings is 1. The highest BCUT2D eigenvalue weighted by molar-refractivity contribution is 6.31. The fraction of sp³-hybridized carbons (Fsp3) is 0.438. The van der Waals surface area contributed by atoms with Gasteiger partial charge in [0.15, 0.2) is 0 Å². The second-order valence-electron chi connectivity index (χ2n) is 5.14. The molecule has 114 valence electrons. The Morgan fingerprint density at radius 1 is 1.29 bits per heavy atom. The van der Waals surface area contributed by atoms with Gasteiger partial charge in [0.2, 0.25) is 0 Å². The van der Waals surface area contributed by atoms with Gasteiger partial charge in [-0.15, -0.1) is 0 Å². The first-order chi connectivity index (χ1) is 10.0. The molecule has 0 saturated carbocycles. The molecule has 1 unspecified atom stereocenters. The van der Waals surface area contributed by atoms with E-state index in [2.05, 4.69) is 18.9 Å². The topological polar surface area (TPSA) is 38.0 Å². The first-order valence-electron chi connectivity index (χ1n) is 7.22. The molecule has 1 heterocycles. The summed E-state index contributed by atoms with van der Waals surface area (Å²) in [6, 6.07) is 6.31. The minimum absolute atomic E-state index is 0.238. The molecule has 1 aromatic heterocycles. The maximum Gasteiger partial charge on any atom is 0.124 e. The monoisotopic (exact) mass is 310 g/mol. The molecule has 1 atom stereocenters. The zero-order valence-electron chi connectivity index (χ0n) is 12.3. The Labute approximate surface area is 129 Å². The third-order valence-corrected chi connectivity index (χ3v) is 4.03. The number of nitrogens with zero attached hydrogens (tertiary/aromatic N) is 2. The number of hydrogen-bond donors (Lipinski definition) is 1. The lowest BCUT2D eigenvalue weighted by atomic mass is 10.1. The highest BCUT2D eigenvalue weighted by Gasteiger charge is 2.15. The summed E-state index contributed by atoms with van der Waals surface area (Å²) in [6.45, 7) is 4.26. The summed E-state index contributed by atoms with van der Waals surface area (Å²) in [4.78, 5) is 0. The van der Waals surface area contributed by atoms with Crippen LogP contribution in [0.25, 0.3) is 0 Å². The number of hydrogen-bond acceptors (Lipinski definition) is 2. The normalized spacial score (nSPS) is 12.9. The third kappa shape index (κ3) is 3.83. The van der Waals surface area contributed by atoms with Crippen LogP contribution in [0, 0.1) is 5.82 Å². The van der Waals surface area contributed by atoms with Crippen molar-refractivity contribution in [3.63, 3.8) is 0 Å². The largest absolute Gasteiger partial charge is 0.388 e. The van der Waals surface area contributed by atoms with E-state index in [9.17, 15) is 9.50 Å². The Morgan fingerprint density at radius 2 is 2.00 bits per heavy atom. The summed E-state index contributed by atoms with van der Waals surface area (Å²) in [5.74, 6) is -0.408. The van der Waals surface area contributed by atoms with E-state index in [-0.39, 0.29) is 5.02 Å². The predicted molar refractivity (Wildman–Crippen MR) is 81.9 cm³/mol. The van der Waals surface area contributed by atoms with Gasteiger partial charge in [-0.3, -0.25) is 4.68 Å². The lowest BCUT2D eigenvalue weighted by Gasteiger charge is -2.13. The molecule has 2 aromatic rings. The van der Waals surface area contributed by atoms with Crippen molar-refractivity contribution >= 4 is 11.6 Å². The average molecular weight is 311 g/mol. The zero-order chi connectivity index (χ0) is 15.4. The third-order valence-electron chi connectivity index (χ3n) is 3.70. The molecule has 0 amide bonds. The van der Waals surface area contributed by atoms with E-state index in [1.54, 1.807) is 0 Å². The Hall–Kier alpha value is -1.39. The first kappa shape index (κ1) is 16.0. The van der Waals surface area contributed by atoms with Crippen LogP contribution >= 0.6 is 11.6 Å². The molecule has 0 aliphatic heterocycles. The van der Waals surface area contributed by atoms with E-state index in [1.807, 2.05) is 16.9 Å². The molecule has 0 spiro atoms. The van der Waals surface area contributed by atoms with Gasteiger partial charge in [-0.1, -0.05) is 31.5 Å². The van der Waals surface area contributed by atoms with E-state index in [4.69, 9.17) is 11.6 Å². The fourth-order valence-corrected chi connectivity index (χ4v) is 2.73. The molecular weight excluding hydrogens is 291 g/mol. The Kier molecular flexibility index (Phi) is 5.37. The van der Waals surface area contributed by atoms with Gasteiger partial charge in [0.1, 0.15) is 5.82 Å². The molecular formula is C16H20ClFN2O. The standard InChI is InChI=1S/C16H20ClFN2O/c1-3-13(4-2)20-8-7-12(19-20)10-16(21)14-6-5-11(18)9-15(14)17/h5-9,13,16,21H,3-4,10H2,1-2H3. The zero-order valence-corrected chi connectivity index (χ0v) is 13.0. The quantitative estimate of drug-likeness (QED) is 0.863. The van der Waals surface area contributed by atoms with Crippen molar-refractivity contribution in [3.8, 4) is 0 Å². The van der Waals surface area contributed by atoms with Crippen LogP contribution in [0.4, 0.5) is 4.39 Å². The number of halogens is 2. The van der Waals surface area contributed by atoms with Crippen molar-refractivity contribution in [2.75, 3.05) is 0 Å². The number of rotatable bonds is 6. The van der Waals surface area contributed by atoms with Crippen LogP contribution in [0.3, 0.4) is 0 Å². The molecule has 0 radical (unpaired) electrons. The van der Waals surface area contributed by atoms with Crippen molar-refractivity contribution in [1.82, 2.24) is 9.78 Å². The summed E-state index contributed by atoms with van der Waals surface area (Å²) in [6.07, 6.45) is 3.54. The van der Waals surface area contributed by atoms with Gasteiger partial charge < -0.3 is 5.11 Å². The van der Waals surface area contributed by atoms with Gasteiger partial charge in [-0.05, 0) is 36.6 Å². The van der Waals surface area contributed by atoms with Gasteiger partial charge in [-0.25, -0.2) is 4.39 Å². The fourth-order valence-electron chi connectivity index (χ4n) is 2.43. The summed E-state index contributed by atoms with van der Waals surface area (Å²) < 4.78 is 15.0. The number of aliphatic hydroxyl groups is 1. The van der Waals surface area contributed by atoms with E-state index in [0.717, 1.165) is 18.5 Å². The highest BCUT2D eigenvalue weighted by Crippen LogP contribution is 2.26. The van der Waals surface area contributed by atoms with Crippen LogP contribution in [-0.4, -0.2) is 14.9 Å². The molecule has 0 bridgehead atoms. The predicted octanol–water partition coefficient (Wildman–Crippen LogP) is 4.31. The molecule has 5 heteroatoms. The lowest BCUT2D eigenvalue weighted by molar-refractivity contribution is 0.176. The van der Waals surface area contributed by atoms with Crippen LogP contribution in [0.2, 0.25) is 5.02 Å². The minimum Gasteiger partial charge on any atom is -0.388 e. The molecule has 3 nitrogen and oxygen atoms in total. The maximum atomic E-state index is 13.0. The summed E-state index contributed by atoms with van der Waals surface area (Å²) >= 11 is 5.97. The summed E-state index contributed by atoms with van der Waals surface area (Å²) in [5, 5.41) is 15.0. The van der Waals surface area contributed by atoms with Crippen LogP contribution in [-0.2, 0) is 6.42 Å². The van der Waals surface area contributed by atoms with Crippen molar-refractivity contribution in [2.45, 2.75) is 45.3 Å². The van der Waals surface area contributed by atoms with Gasteiger partial charge >= 0.3 is 0 Å². The molecule has 0 fully saturated rings. The van der Waals surface area contributed by atoms with Crippen molar-refractivity contribution < 1.29 is 9.50 Å². The van der Waals surface area contributed by atoms with E-state index in [1.165, 1.54) is 18.2 Å². The smallest absolute Gasteiger partial charge is 0.124 e. The molecule has 1 aromatic carbocycles. The Morgan fingerprint density at radius 3 is 2.62 bits per heavy atom. The molecule has 0 aliphatic rings. The Balaban J connectivity index is 2.11. The maximum absolute atomic E-state index is 13.0. The molecule has 0 aliphatic carbocycles.